The fourth-order valence-electron chi connectivity index (χ4n) is 0.289. The van der Waals surface area contributed by atoms with Gasteiger partial charge >= 0.3 is 0 Å². The van der Waals surface area contributed by atoms with Crippen LogP contribution in [0.1, 0.15) is 26.7 Å². The maximum atomic E-state index is 4.23. The summed E-state index contributed by atoms with van der Waals surface area (Å²) in [5, 5.41) is 0.630. The van der Waals surface area contributed by atoms with Gasteiger partial charge in [0, 0.05) is 5.25 Å². The summed E-state index contributed by atoms with van der Waals surface area (Å²) in [6.07, 6.45) is 2.39. The van der Waals surface area contributed by atoms with Crippen LogP contribution in [0.2, 0.25) is 0 Å². The Labute approximate surface area is 61.9 Å². The highest BCUT2D eigenvalue weighted by Gasteiger charge is 1.89. The van der Waals surface area contributed by atoms with Crippen molar-refractivity contribution in [1.82, 2.24) is 0 Å². The van der Waals surface area contributed by atoms with Crippen LogP contribution < -0.4 is 0 Å². The van der Waals surface area contributed by atoms with Gasteiger partial charge in [-0.05, 0) is 12.8 Å². The van der Waals surface area contributed by atoms with Crippen molar-refractivity contribution in [2.75, 3.05) is 0 Å². The largest absolute Gasteiger partial charge is 0.176 e. The summed E-state index contributed by atoms with van der Waals surface area (Å²) >= 11 is 4.23. The minimum Gasteiger partial charge on any atom is -0.176 e. The molecule has 2 heteroatoms. The predicted molar refractivity (Wildman–Crippen MR) is 43.7 cm³/mol. The first-order valence-corrected chi connectivity index (χ1v) is 3.01. The van der Waals surface area contributed by atoms with E-state index in [1.165, 1.54) is 12.8 Å². The van der Waals surface area contributed by atoms with Crippen LogP contribution in [0.25, 0.3) is 0 Å². The molecule has 0 amide bonds. The van der Waals surface area contributed by atoms with E-state index in [1.807, 2.05) is 0 Å². The molecule has 0 bridgehead atoms. The molecule has 0 aliphatic heterocycles. The van der Waals surface area contributed by atoms with Crippen molar-refractivity contribution in [1.29, 1.82) is 0 Å². The van der Waals surface area contributed by atoms with E-state index in [0.717, 1.165) is 0 Å². The predicted octanol–water partition coefficient (Wildman–Crippen LogP) is 2.68. The van der Waals surface area contributed by atoms with Gasteiger partial charge in [0.1, 0.15) is 0 Å². The Hall–Kier alpha value is 0.830. The van der Waals surface area contributed by atoms with E-state index in [9.17, 15) is 0 Å². The number of halogens is 1. The fraction of sp³-hybridized carbons (Fsp3) is 1.00. The van der Waals surface area contributed by atoms with Gasteiger partial charge in [-0.1, -0.05) is 13.8 Å². The molecular weight excluding hydrogens is 172 g/mol. The summed E-state index contributed by atoms with van der Waals surface area (Å²) in [5.74, 6) is 0. The summed E-state index contributed by atoms with van der Waals surface area (Å²) < 4.78 is 0. The van der Waals surface area contributed by atoms with E-state index in [2.05, 4.69) is 26.5 Å². The SMILES string of the molecule is Br.CCC(S)CC. The molecule has 0 nitrogen and oxygen atoms in total. The Kier molecular flexibility index (Phi) is 10.5. The van der Waals surface area contributed by atoms with Crippen LogP contribution in [0.4, 0.5) is 0 Å². The monoisotopic (exact) mass is 184 g/mol. The molecule has 0 atom stereocenters. The van der Waals surface area contributed by atoms with Crippen molar-refractivity contribution in [3.8, 4) is 0 Å². The highest BCUT2D eigenvalue weighted by atomic mass is 79.9. The smallest absolute Gasteiger partial charge is 0.00115 e. The van der Waals surface area contributed by atoms with Gasteiger partial charge in [-0.2, -0.15) is 12.6 Å². The van der Waals surface area contributed by atoms with E-state index >= 15 is 0 Å². The molecule has 0 aromatic heterocycles. The Morgan fingerprint density at radius 1 is 1.29 bits per heavy atom. The minimum atomic E-state index is 0. The summed E-state index contributed by atoms with van der Waals surface area (Å²) in [5.41, 5.74) is 0. The summed E-state index contributed by atoms with van der Waals surface area (Å²) in [4.78, 5) is 0. The van der Waals surface area contributed by atoms with E-state index in [1.54, 1.807) is 0 Å². The van der Waals surface area contributed by atoms with E-state index in [-0.39, 0.29) is 17.0 Å². The Bertz CT molecular complexity index is 27.3. The highest BCUT2D eigenvalue weighted by molar-refractivity contribution is 8.93. The zero-order valence-corrected chi connectivity index (χ0v) is 7.45. The second kappa shape index (κ2) is 6.83. The standard InChI is InChI=1S/C5H12S.BrH/c1-3-5(6)4-2;/h5-6H,3-4H2,1-2H3;1H. The van der Waals surface area contributed by atoms with Crippen molar-refractivity contribution in [2.45, 2.75) is 31.9 Å². The molecule has 0 spiro atoms. The molecule has 0 unspecified atom stereocenters. The van der Waals surface area contributed by atoms with Gasteiger partial charge < -0.3 is 0 Å². The van der Waals surface area contributed by atoms with Gasteiger partial charge in [-0.25, -0.2) is 0 Å². The van der Waals surface area contributed by atoms with Crippen molar-refractivity contribution >= 4 is 29.6 Å². The molecule has 46 valence electrons. The van der Waals surface area contributed by atoms with Gasteiger partial charge in [-0.15, -0.1) is 17.0 Å². The van der Waals surface area contributed by atoms with Crippen LogP contribution >= 0.6 is 29.6 Å². The van der Waals surface area contributed by atoms with E-state index in [0.29, 0.717) is 5.25 Å². The Morgan fingerprint density at radius 2 is 1.57 bits per heavy atom. The lowest BCUT2D eigenvalue weighted by Gasteiger charge is -1.97. The zero-order valence-electron chi connectivity index (χ0n) is 4.85. The third-order valence-electron chi connectivity index (χ3n) is 0.942. The number of hydrogen-bond acceptors (Lipinski definition) is 1. The zero-order chi connectivity index (χ0) is 4.99. The molecule has 0 saturated carbocycles. The fourth-order valence-corrected chi connectivity index (χ4v) is 0.289. The van der Waals surface area contributed by atoms with Crippen molar-refractivity contribution in [3.63, 3.8) is 0 Å². The van der Waals surface area contributed by atoms with Gasteiger partial charge in [-0.3, -0.25) is 0 Å². The van der Waals surface area contributed by atoms with Crippen molar-refractivity contribution < 1.29 is 0 Å². The molecule has 0 aliphatic carbocycles. The van der Waals surface area contributed by atoms with Crippen LogP contribution in [0.5, 0.6) is 0 Å². The average Bonchev–Trinajstić information content (AvgIpc) is 1.65. The van der Waals surface area contributed by atoms with Gasteiger partial charge in [0.25, 0.3) is 0 Å². The van der Waals surface area contributed by atoms with Crippen molar-refractivity contribution in [2.24, 2.45) is 0 Å². The second-order valence-electron chi connectivity index (χ2n) is 1.47. The Morgan fingerprint density at radius 3 is 1.57 bits per heavy atom. The third kappa shape index (κ3) is 6.83. The first kappa shape index (κ1) is 10.7. The lowest BCUT2D eigenvalue weighted by molar-refractivity contribution is 0.798. The van der Waals surface area contributed by atoms with Crippen LogP contribution in [0.3, 0.4) is 0 Å². The molecular formula is C5H13BrS. The van der Waals surface area contributed by atoms with E-state index in [4.69, 9.17) is 0 Å². The number of rotatable bonds is 2. The van der Waals surface area contributed by atoms with Crippen LogP contribution in [0, 0.1) is 0 Å². The molecule has 0 aromatic rings. The third-order valence-corrected chi connectivity index (χ3v) is 1.67. The minimum absolute atomic E-state index is 0. The van der Waals surface area contributed by atoms with Crippen LogP contribution in [0.15, 0.2) is 0 Å². The van der Waals surface area contributed by atoms with Gasteiger partial charge in [0.05, 0.1) is 0 Å². The first-order chi connectivity index (χ1) is 2.81. The summed E-state index contributed by atoms with van der Waals surface area (Å²) in [6, 6.07) is 0. The number of thiol groups is 1. The lowest BCUT2D eigenvalue weighted by atomic mass is 10.3. The maximum absolute atomic E-state index is 4.23. The molecule has 0 aromatic carbocycles. The second-order valence-corrected chi connectivity index (χ2v) is 2.20. The topological polar surface area (TPSA) is 0 Å². The normalized spacial score (nSPS) is 8.57. The Balaban J connectivity index is 0. The van der Waals surface area contributed by atoms with Crippen LogP contribution in [-0.2, 0) is 0 Å². The molecule has 0 radical (unpaired) electrons. The lowest BCUT2D eigenvalue weighted by Crippen LogP contribution is -1.89. The molecule has 7 heavy (non-hydrogen) atoms. The molecule has 0 saturated heterocycles. The average molecular weight is 185 g/mol. The highest BCUT2D eigenvalue weighted by Crippen LogP contribution is 2.02. The van der Waals surface area contributed by atoms with Crippen LogP contribution in [-0.4, -0.2) is 5.25 Å². The molecule has 0 fully saturated rings. The maximum Gasteiger partial charge on any atom is 0.00115 e. The molecule has 0 rings (SSSR count). The van der Waals surface area contributed by atoms with Gasteiger partial charge in [0.2, 0.25) is 0 Å². The molecule has 0 aliphatic rings. The van der Waals surface area contributed by atoms with Gasteiger partial charge in [0.15, 0.2) is 0 Å². The van der Waals surface area contributed by atoms with Crippen molar-refractivity contribution in [3.05, 3.63) is 0 Å². The quantitative estimate of drug-likeness (QED) is 0.628. The number of hydrogen-bond donors (Lipinski definition) is 1. The van der Waals surface area contributed by atoms with E-state index < -0.39 is 0 Å². The summed E-state index contributed by atoms with van der Waals surface area (Å²) in [6.45, 7) is 4.31. The first-order valence-electron chi connectivity index (χ1n) is 2.49. The summed E-state index contributed by atoms with van der Waals surface area (Å²) in [7, 11) is 0. The molecule has 0 heterocycles. The molecule has 0 N–H and O–H groups in total.